The highest BCUT2D eigenvalue weighted by Crippen LogP contribution is 2.22. The lowest BCUT2D eigenvalue weighted by Crippen LogP contribution is -2.27. The fraction of sp³-hybridized carbons (Fsp3) is 0.500. The molecule has 0 bridgehead atoms. The zero-order chi connectivity index (χ0) is 13.1. The second kappa shape index (κ2) is 5.36. The Hall–Kier alpha value is -1.29. The average molecular weight is 257 g/mol. The molecule has 0 spiro atoms. The Labute approximate surface area is 106 Å². The molecule has 0 aliphatic rings. The van der Waals surface area contributed by atoms with E-state index >= 15 is 0 Å². The van der Waals surface area contributed by atoms with Crippen molar-refractivity contribution < 1.29 is 9.53 Å². The van der Waals surface area contributed by atoms with Gasteiger partial charge in [-0.05, 0) is 33.3 Å². The Morgan fingerprint density at radius 1 is 1.53 bits per heavy atom. The Morgan fingerprint density at radius 3 is 2.71 bits per heavy atom. The van der Waals surface area contributed by atoms with E-state index in [0.29, 0.717) is 17.3 Å². The standard InChI is InChI=1S/C12H17ClN2O2/c1-5-8-9(13)6-7-14-10(8)15-11(16)17-12(2,3)4/h6-7H,5H2,1-4H3,(H,14,15,16). The summed E-state index contributed by atoms with van der Waals surface area (Å²) in [4.78, 5) is 15.7. The SMILES string of the molecule is CCc1c(Cl)ccnc1NC(=O)OC(C)(C)C. The molecule has 0 fully saturated rings. The van der Waals surface area contributed by atoms with Crippen molar-refractivity contribution >= 4 is 23.5 Å². The normalized spacial score (nSPS) is 11.1. The second-order valence-corrected chi connectivity index (χ2v) is 5.01. The number of carbonyl (C=O) groups is 1. The van der Waals surface area contributed by atoms with Gasteiger partial charge in [0.25, 0.3) is 0 Å². The third-order valence-corrected chi connectivity index (χ3v) is 2.33. The van der Waals surface area contributed by atoms with Crippen molar-refractivity contribution in [1.82, 2.24) is 4.98 Å². The Morgan fingerprint density at radius 2 is 2.18 bits per heavy atom. The van der Waals surface area contributed by atoms with Gasteiger partial charge < -0.3 is 4.74 Å². The molecule has 94 valence electrons. The van der Waals surface area contributed by atoms with E-state index in [2.05, 4.69) is 10.3 Å². The van der Waals surface area contributed by atoms with Crippen molar-refractivity contribution in [2.45, 2.75) is 39.7 Å². The predicted octanol–water partition coefficient (Wildman–Crippen LogP) is 3.64. The van der Waals surface area contributed by atoms with Gasteiger partial charge in [0.15, 0.2) is 0 Å². The van der Waals surface area contributed by atoms with Crippen LogP contribution in [0, 0.1) is 0 Å². The number of carbonyl (C=O) groups excluding carboxylic acids is 1. The van der Waals surface area contributed by atoms with E-state index in [1.165, 1.54) is 0 Å². The monoisotopic (exact) mass is 256 g/mol. The zero-order valence-corrected chi connectivity index (χ0v) is 11.3. The van der Waals surface area contributed by atoms with E-state index < -0.39 is 11.7 Å². The van der Waals surface area contributed by atoms with Gasteiger partial charge in [-0.15, -0.1) is 0 Å². The van der Waals surface area contributed by atoms with E-state index in [1.54, 1.807) is 33.0 Å². The molecular weight excluding hydrogens is 240 g/mol. The summed E-state index contributed by atoms with van der Waals surface area (Å²) in [6.07, 6.45) is 1.72. The van der Waals surface area contributed by atoms with Crippen molar-refractivity contribution in [2.24, 2.45) is 0 Å². The van der Waals surface area contributed by atoms with Gasteiger partial charge in [-0.25, -0.2) is 9.78 Å². The highest BCUT2D eigenvalue weighted by molar-refractivity contribution is 6.31. The molecule has 1 aromatic rings. The van der Waals surface area contributed by atoms with Crippen LogP contribution >= 0.6 is 11.6 Å². The molecular formula is C12H17ClN2O2. The number of rotatable bonds is 2. The molecule has 0 saturated heterocycles. The van der Waals surface area contributed by atoms with Crippen LogP contribution in [0.5, 0.6) is 0 Å². The molecule has 1 heterocycles. The van der Waals surface area contributed by atoms with E-state index in [1.807, 2.05) is 6.92 Å². The molecule has 0 radical (unpaired) electrons. The quantitative estimate of drug-likeness (QED) is 0.879. The third kappa shape index (κ3) is 4.23. The van der Waals surface area contributed by atoms with Crippen LogP contribution in [0.3, 0.4) is 0 Å². The smallest absolute Gasteiger partial charge is 0.413 e. The maximum atomic E-state index is 11.6. The first kappa shape index (κ1) is 13.8. The Bertz CT molecular complexity index is 413. The van der Waals surface area contributed by atoms with E-state index in [9.17, 15) is 4.79 Å². The molecule has 0 atom stereocenters. The molecule has 1 rings (SSSR count). The van der Waals surface area contributed by atoms with Crippen LogP contribution in [0.2, 0.25) is 5.02 Å². The lowest BCUT2D eigenvalue weighted by molar-refractivity contribution is 0.0635. The Balaban J connectivity index is 2.82. The van der Waals surface area contributed by atoms with Crippen LogP contribution in [0.4, 0.5) is 10.6 Å². The first-order valence-corrected chi connectivity index (χ1v) is 5.84. The van der Waals surface area contributed by atoms with Crippen LogP contribution < -0.4 is 5.32 Å². The summed E-state index contributed by atoms with van der Waals surface area (Å²) in [6.45, 7) is 7.36. The molecule has 4 nitrogen and oxygen atoms in total. The van der Waals surface area contributed by atoms with E-state index in [-0.39, 0.29) is 0 Å². The average Bonchev–Trinajstić information content (AvgIpc) is 2.14. The van der Waals surface area contributed by atoms with Gasteiger partial charge in [0.1, 0.15) is 11.4 Å². The van der Waals surface area contributed by atoms with Crippen molar-refractivity contribution in [2.75, 3.05) is 5.32 Å². The highest BCUT2D eigenvalue weighted by Gasteiger charge is 2.18. The molecule has 1 aromatic heterocycles. The Kier molecular flexibility index (Phi) is 4.34. The molecule has 5 heteroatoms. The maximum Gasteiger partial charge on any atom is 0.413 e. The van der Waals surface area contributed by atoms with Gasteiger partial charge in [-0.1, -0.05) is 18.5 Å². The highest BCUT2D eigenvalue weighted by atomic mass is 35.5. The summed E-state index contributed by atoms with van der Waals surface area (Å²) < 4.78 is 5.15. The van der Waals surface area contributed by atoms with Crippen LogP contribution in [0.25, 0.3) is 0 Å². The van der Waals surface area contributed by atoms with E-state index in [4.69, 9.17) is 16.3 Å². The van der Waals surface area contributed by atoms with Crippen LogP contribution in [-0.4, -0.2) is 16.7 Å². The van der Waals surface area contributed by atoms with Gasteiger partial charge >= 0.3 is 6.09 Å². The van der Waals surface area contributed by atoms with Crippen LogP contribution in [0.15, 0.2) is 12.3 Å². The van der Waals surface area contributed by atoms with Crippen molar-refractivity contribution in [3.63, 3.8) is 0 Å². The van der Waals surface area contributed by atoms with Gasteiger partial charge in [-0.3, -0.25) is 5.32 Å². The molecule has 1 amide bonds. The summed E-state index contributed by atoms with van der Waals surface area (Å²) in [6, 6.07) is 1.70. The minimum atomic E-state index is -0.533. The lowest BCUT2D eigenvalue weighted by atomic mass is 10.2. The minimum absolute atomic E-state index is 0.453. The molecule has 17 heavy (non-hydrogen) atoms. The maximum absolute atomic E-state index is 11.6. The van der Waals surface area contributed by atoms with Gasteiger partial charge in [0.2, 0.25) is 0 Å². The molecule has 1 N–H and O–H groups in total. The number of nitrogens with zero attached hydrogens (tertiary/aromatic N) is 1. The summed E-state index contributed by atoms with van der Waals surface area (Å²) in [7, 11) is 0. The first-order valence-electron chi connectivity index (χ1n) is 5.47. The number of hydrogen-bond donors (Lipinski definition) is 1. The number of ether oxygens (including phenoxy) is 1. The molecule has 0 saturated carbocycles. The number of aromatic nitrogens is 1. The number of amides is 1. The van der Waals surface area contributed by atoms with Gasteiger partial charge in [-0.2, -0.15) is 0 Å². The molecule has 0 aliphatic heterocycles. The topological polar surface area (TPSA) is 51.2 Å². The minimum Gasteiger partial charge on any atom is -0.444 e. The summed E-state index contributed by atoms with van der Waals surface area (Å²) in [5, 5.41) is 3.19. The van der Waals surface area contributed by atoms with Crippen molar-refractivity contribution in [1.29, 1.82) is 0 Å². The number of pyridine rings is 1. The predicted molar refractivity (Wildman–Crippen MR) is 68.5 cm³/mol. The van der Waals surface area contributed by atoms with Crippen molar-refractivity contribution in [3.8, 4) is 0 Å². The number of nitrogens with one attached hydrogen (secondary N) is 1. The first-order chi connectivity index (χ1) is 7.83. The largest absolute Gasteiger partial charge is 0.444 e. The van der Waals surface area contributed by atoms with E-state index in [0.717, 1.165) is 5.56 Å². The third-order valence-electron chi connectivity index (χ3n) is 1.97. The number of hydrogen-bond acceptors (Lipinski definition) is 3. The second-order valence-electron chi connectivity index (χ2n) is 4.60. The van der Waals surface area contributed by atoms with Crippen molar-refractivity contribution in [3.05, 3.63) is 22.8 Å². The number of anilines is 1. The molecule has 0 aliphatic carbocycles. The summed E-state index contributed by atoms with van der Waals surface area (Å²) >= 11 is 6.01. The van der Waals surface area contributed by atoms with Gasteiger partial charge in [0.05, 0.1) is 0 Å². The fourth-order valence-corrected chi connectivity index (χ4v) is 1.59. The van der Waals surface area contributed by atoms with Crippen LogP contribution in [0.1, 0.15) is 33.3 Å². The lowest BCUT2D eigenvalue weighted by Gasteiger charge is -2.20. The number of halogens is 1. The molecule has 0 aromatic carbocycles. The summed E-state index contributed by atoms with van der Waals surface area (Å²) in [5.74, 6) is 0.453. The van der Waals surface area contributed by atoms with Gasteiger partial charge in [0, 0.05) is 16.8 Å². The van der Waals surface area contributed by atoms with Crippen LogP contribution in [-0.2, 0) is 11.2 Å². The zero-order valence-electron chi connectivity index (χ0n) is 10.5. The summed E-state index contributed by atoms with van der Waals surface area (Å²) in [5.41, 5.74) is 0.273. The fourth-order valence-electron chi connectivity index (χ4n) is 1.31. The molecule has 0 unspecified atom stereocenters.